The summed E-state index contributed by atoms with van der Waals surface area (Å²) in [7, 11) is 0. The molecule has 16 heavy (non-hydrogen) atoms. The summed E-state index contributed by atoms with van der Waals surface area (Å²) < 4.78 is 10.1. The van der Waals surface area contributed by atoms with E-state index < -0.39 is 0 Å². The number of carbonyl (C=O) groups excluding carboxylic acids is 1. The van der Waals surface area contributed by atoms with E-state index >= 15 is 0 Å². The van der Waals surface area contributed by atoms with Gasteiger partial charge >= 0.3 is 5.97 Å². The van der Waals surface area contributed by atoms with Gasteiger partial charge in [-0.05, 0) is 37.1 Å². The van der Waals surface area contributed by atoms with Crippen LogP contribution in [0.2, 0.25) is 0 Å². The predicted octanol–water partition coefficient (Wildman–Crippen LogP) is 2.93. The third kappa shape index (κ3) is 2.42. The van der Waals surface area contributed by atoms with Crippen molar-refractivity contribution in [2.45, 2.75) is 19.8 Å². The molecule has 2 rings (SSSR count). The lowest BCUT2D eigenvalue weighted by molar-refractivity contribution is -0.143. The summed E-state index contributed by atoms with van der Waals surface area (Å²) in [6.45, 7) is 2.26. The van der Waals surface area contributed by atoms with Gasteiger partial charge in [0.15, 0.2) is 0 Å². The Hall–Kier alpha value is -1.77. The van der Waals surface area contributed by atoms with Gasteiger partial charge in [0, 0.05) is 11.8 Å². The van der Waals surface area contributed by atoms with E-state index in [-0.39, 0.29) is 5.97 Å². The Balaban J connectivity index is 2.01. The lowest BCUT2D eigenvalue weighted by Gasteiger charge is -2.02. The summed E-state index contributed by atoms with van der Waals surface area (Å²) in [5.74, 6) is -0.144. The van der Waals surface area contributed by atoms with Crippen LogP contribution in [-0.4, -0.2) is 12.6 Å². The number of carbonyl (C=O) groups is 1. The maximum absolute atomic E-state index is 11.2. The molecule has 0 unspecified atom stereocenters. The first kappa shape index (κ1) is 10.7. The highest BCUT2D eigenvalue weighted by Crippen LogP contribution is 2.17. The topological polar surface area (TPSA) is 39.4 Å². The number of aryl methyl sites for hydroxylation is 1. The Morgan fingerprint density at radius 3 is 3.06 bits per heavy atom. The van der Waals surface area contributed by atoms with Crippen LogP contribution in [-0.2, 0) is 16.0 Å². The molecule has 0 saturated heterocycles. The Bertz CT molecular complexity index is 485. The molecule has 0 radical (unpaired) electrons. The van der Waals surface area contributed by atoms with Crippen molar-refractivity contribution in [2.75, 3.05) is 6.61 Å². The van der Waals surface area contributed by atoms with Gasteiger partial charge in [0.2, 0.25) is 0 Å². The van der Waals surface area contributed by atoms with Crippen molar-refractivity contribution in [1.82, 2.24) is 0 Å². The maximum Gasteiger partial charge on any atom is 0.306 e. The molecule has 0 saturated carbocycles. The number of esters is 1. The van der Waals surface area contributed by atoms with E-state index in [1.807, 2.05) is 31.2 Å². The summed E-state index contributed by atoms with van der Waals surface area (Å²) in [5.41, 5.74) is 2.00. The Morgan fingerprint density at radius 1 is 1.38 bits per heavy atom. The molecule has 3 nitrogen and oxygen atoms in total. The molecule has 0 N–H and O–H groups in total. The first-order valence-corrected chi connectivity index (χ1v) is 5.41. The highest BCUT2D eigenvalue weighted by molar-refractivity contribution is 5.78. The van der Waals surface area contributed by atoms with E-state index in [9.17, 15) is 4.79 Å². The number of benzene rings is 1. The van der Waals surface area contributed by atoms with E-state index in [0.29, 0.717) is 19.4 Å². The van der Waals surface area contributed by atoms with Crippen molar-refractivity contribution in [3.8, 4) is 0 Å². The summed E-state index contributed by atoms with van der Waals surface area (Å²) >= 11 is 0. The van der Waals surface area contributed by atoms with Gasteiger partial charge in [-0.2, -0.15) is 0 Å². The van der Waals surface area contributed by atoms with Gasteiger partial charge in [0.25, 0.3) is 0 Å². The van der Waals surface area contributed by atoms with Crippen LogP contribution < -0.4 is 0 Å². The van der Waals surface area contributed by atoms with Crippen molar-refractivity contribution in [1.29, 1.82) is 0 Å². The first-order chi connectivity index (χ1) is 7.79. The largest absolute Gasteiger partial charge is 0.466 e. The molecule has 0 amide bonds. The van der Waals surface area contributed by atoms with Crippen molar-refractivity contribution in [3.05, 3.63) is 36.1 Å². The SMILES string of the molecule is CCOC(=O)CCc1ccc2occc2c1. The fourth-order valence-corrected chi connectivity index (χ4v) is 1.65. The molecule has 0 spiro atoms. The van der Waals surface area contributed by atoms with Gasteiger partial charge in [0.05, 0.1) is 12.9 Å². The quantitative estimate of drug-likeness (QED) is 0.741. The standard InChI is InChI=1S/C13H14O3/c1-2-15-13(14)6-4-10-3-5-12-11(9-10)7-8-16-12/h3,5,7-9H,2,4,6H2,1H3. The minimum Gasteiger partial charge on any atom is -0.466 e. The minimum atomic E-state index is -0.144. The fourth-order valence-electron chi connectivity index (χ4n) is 1.65. The normalized spacial score (nSPS) is 10.6. The van der Waals surface area contributed by atoms with Crippen LogP contribution in [0.25, 0.3) is 11.0 Å². The van der Waals surface area contributed by atoms with Gasteiger partial charge in [-0.1, -0.05) is 6.07 Å². The molecular weight excluding hydrogens is 204 g/mol. The van der Waals surface area contributed by atoms with Crippen LogP contribution in [0, 0.1) is 0 Å². The maximum atomic E-state index is 11.2. The Labute approximate surface area is 94.0 Å². The monoisotopic (exact) mass is 218 g/mol. The molecule has 0 atom stereocenters. The number of fused-ring (bicyclic) bond motifs is 1. The van der Waals surface area contributed by atoms with Crippen molar-refractivity contribution < 1.29 is 13.9 Å². The molecule has 0 fully saturated rings. The Morgan fingerprint density at radius 2 is 2.25 bits per heavy atom. The van der Waals surface area contributed by atoms with E-state index in [4.69, 9.17) is 9.15 Å². The molecule has 1 aromatic carbocycles. The third-order valence-electron chi connectivity index (χ3n) is 2.44. The molecule has 0 aliphatic rings. The van der Waals surface area contributed by atoms with E-state index in [1.54, 1.807) is 6.26 Å². The number of hydrogen-bond acceptors (Lipinski definition) is 3. The molecule has 2 aromatic rings. The highest BCUT2D eigenvalue weighted by atomic mass is 16.5. The number of furan rings is 1. The van der Waals surface area contributed by atoms with Crippen LogP contribution in [0.3, 0.4) is 0 Å². The van der Waals surface area contributed by atoms with E-state index in [1.165, 1.54) is 0 Å². The number of rotatable bonds is 4. The molecule has 0 bridgehead atoms. The molecule has 0 aliphatic carbocycles. The highest BCUT2D eigenvalue weighted by Gasteiger charge is 2.04. The second kappa shape index (κ2) is 4.84. The van der Waals surface area contributed by atoms with Crippen LogP contribution in [0.5, 0.6) is 0 Å². The first-order valence-electron chi connectivity index (χ1n) is 5.41. The Kier molecular flexibility index (Phi) is 3.25. The third-order valence-corrected chi connectivity index (χ3v) is 2.44. The predicted molar refractivity (Wildman–Crippen MR) is 61.2 cm³/mol. The molecule has 84 valence electrons. The van der Waals surface area contributed by atoms with Crippen molar-refractivity contribution >= 4 is 16.9 Å². The zero-order valence-corrected chi connectivity index (χ0v) is 9.23. The zero-order valence-electron chi connectivity index (χ0n) is 9.23. The average Bonchev–Trinajstić information content (AvgIpc) is 2.74. The summed E-state index contributed by atoms with van der Waals surface area (Å²) in [6.07, 6.45) is 2.80. The summed E-state index contributed by atoms with van der Waals surface area (Å²) in [5, 5.41) is 1.07. The number of hydrogen-bond donors (Lipinski definition) is 0. The van der Waals surface area contributed by atoms with Crippen LogP contribution in [0.4, 0.5) is 0 Å². The van der Waals surface area contributed by atoms with Crippen LogP contribution in [0.1, 0.15) is 18.9 Å². The van der Waals surface area contributed by atoms with Gasteiger partial charge in [-0.15, -0.1) is 0 Å². The van der Waals surface area contributed by atoms with E-state index in [2.05, 4.69) is 0 Å². The molecular formula is C13H14O3. The van der Waals surface area contributed by atoms with Crippen molar-refractivity contribution in [2.24, 2.45) is 0 Å². The minimum absolute atomic E-state index is 0.144. The average molecular weight is 218 g/mol. The molecule has 0 aliphatic heterocycles. The second-order valence-corrected chi connectivity index (χ2v) is 3.60. The lowest BCUT2D eigenvalue weighted by Crippen LogP contribution is -2.04. The second-order valence-electron chi connectivity index (χ2n) is 3.60. The summed E-state index contributed by atoms with van der Waals surface area (Å²) in [4.78, 5) is 11.2. The van der Waals surface area contributed by atoms with Gasteiger partial charge in [-0.3, -0.25) is 4.79 Å². The fraction of sp³-hybridized carbons (Fsp3) is 0.308. The van der Waals surface area contributed by atoms with Gasteiger partial charge in [0.1, 0.15) is 5.58 Å². The van der Waals surface area contributed by atoms with Gasteiger partial charge in [-0.25, -0.2) is 0 Å². The lowest BCUT2D eigenvalue weighted by atomic mass is 10.1. The zero-order chi connectivity index (χ0) is 11.4. The van der Waals surface area contributed by atoms with Crippen LogP contribution in [0.15, 0.2) is 34.9 Å². The summed E-state index contributed by atoms with van der Waals surface area (Å²) in [6, 6.07) is 7.86. The van der Waals surface area contributed by atoms with E-state index in [0.717, 1.165) is 16.5 Å². The van der Waals surface area contributed by atoms with Crippen LogP contribution >= 0.6 is 0 Å². The molecule has 1 heterocycles. The van der Waals surface area contributed by atoms with Gasteiger partial charge < -0.3 is 9.15 Å². The number of ether oxygens (including phenoxy) is 1. The smallest absolute Gasteiger partial charge is 0.306 e. The molecule has 3 heteroatoms. The molecule has 1 aromatic heterocycles. The van der Waals surface area contributed by atoms with Crippen molar-refractivity contribution in [3.63, 3.8) is 0 Å².